The van der Waals surface area contributed by atoms with E-state index >= 15 is 0 Å². The van der Waals surface area contributed by atoms with Crippen molar-refractivity contribution in [3.63, 3.8) is 0 Å². The number of terminal acetylenes is 1. The molecule has 1 aliphatic rings. The molecule has 19 heavy (non-hydrogen) atoms. The Kier molecular flexibility index (Phi) is 4.31. The Bertz CT molecular complexity index is 594. The third-order valence-electron chi connectivity index (χ3n) is 3.16. The number of hydrogen-bond donors (Lipinski definition) is 1. The van der Waals surface area contributed by atoms with Gasteiger partial charge in [0.25, 0.3) is 10.0 Å². The van der Waals surface area contributed by atoms with Gasteiger partial charge < -0.3 is 5.11 Å². The fourth-order valence-corrected chi connectivity index (χ4v) is 4.87. The van der Waals surface area contributed by atoms with Gasteiger partial charge in [-0.3, -0.25) is 0 Å². The van der Waals surface area contributed by atoms with Gasteiger partial charge in [-0.15, -0.1) is 17.8 Å². The lowest BCUT2D eigenvalue weighted by molar-refractivity contribution is 0.285. The molecule has 4 nitrogen and oxygen atoms in total. The zero-order valence-electron chi connectivity index (χ0n) is 10.8. The maximum absolute atomic E-state index is 12.5. The summed E-state index contributed by atoms with van der Waals surface area (Å²) in [6, 6.07) is 1.61. The first-order chi connectivity index (χ1) is 8.98. The van der Waals surface area contributed by atoms with Crippen molar-refractivity contribution in [2.45, 2.75) is 30.6 Å². The summed E-state index contributed by atoms with van der Waals surface area (Å²) in [4.78, 5) is 0.686. The molecular formula is C13H17NO3S2. The molecule has 0 radical (unpaired) electrons. The first-order valence-corrected chi connectivity index (χ1v) is 8.38. The first-order valence-electron chi connectivity index (χ1n) is 6.12. The highest BCUT2D eigenvalue weighted by Crippen LogP contribution is 2.33. The maximum atomic E-state index is 12.5. The molecule has 6 heteroatoms. The number of sulfonamides is 1. The van der Waals surface area contributed by atoms with Crippen LogP contribution in [0.15, 0.2) is 10.3 Å². The second-order valence-corrected chi connectivity index (χ2v) is 8.08. The number of aliphatic hydroxyl groups is 1. The van der Waals surface area contributed by atoms with E-state index in [1.54, 1.807) is 13.0 Å². The molecular weight excluding hydrogens is 282 g/mol. The molecule has 104 valence electrons. The molecule has 1 heterocycles. The third-order valence-corrected chi connectivity index (χ3v) is 6.64. The van der Waals surface area contributed by atoms with Gasteiger partial charge in [0.05, 0.1) is 13.2 Å². The SMILES string of the molecule is C#CCN(CC1CC1)S(=O)(=O)c1cc(C)c(CO)s1. The van der Waals surface area contributed by atoms with Crippen molar-refractivity contribution in [1.29, 1.82) is 0 Å². The Labute approximate surface area is 118 Å². The summed E-state index contributed by atoms with van der Waals surface area (Å²) < 4.78 is 26.7. The Morgan fingerprint density at radius 1 is 1.58 bits per heavy atom. The van der Waals surface area contributed by atoms with E-state index in [0.29, 0.717) is 17.3 Å². The van der Waals surface area contributed by atoms with Crippen molar-refractivity contribution < 1.29 is 13.5 Å². The lowest BCUT2D eigenvalue weighted by atomic mass is 10.3. The van der Waals surface area contributed by atoms with Crippen LogP contribution in [0.4, 0.5) is 0 Å². The molecule has 1 fully saturated rings. The molecule has 0 saturated heterocycles. The van der Waals surface area contributed by atoms with Crippen LogP contribution in [0.3, 0.4) is 0 Å². The van der Waals surface area contributed by atoms with Crippen LogP contribution in [0.25, 0.3) is 0 Å². The van der Waals surface area contributed by atoms with Crippen LogP contribution < -0.4 is 0 Å². The molecule has 1 saturated carbocycles. The van der Waals surface area contributed by atoms with E-state index in [0.717, 1.165) is 29.7 Å². The molecule has 0 bridgehead atoms. The molecule has 0 spiro atoms. The van der Waals surface area contributed by atoms with Crippen LogP contribution in [0.2, 0.25) is 0 Å². The van der Waals surface area contributed by atoms with Gasteiger partial charge in [-0.25, -0.2) is 8.42 Å². The smallest absolute Gasteiger partial charge is 0.253 e. The van der Waals surface area contributed by atoms with Crippen LogP contribution in [0.1, 0.15) is 23.3 Å². The van der Waals surface area contributed by atoms with Gasteiger partial charge in [0.2, 0.25) is 0 Å². The topological polar surface area (TPSA) is 57.6 Å². The molecule has 0 amide bonds. The lowest BCUT2D eigenvalue weighted by Gasteiger charge is -2.18. The highest BCUT2D eigenvalue weighted by molar-refractivity contribution is 7.91. The molecule has 1 aromatic rings. The predicted molar refractivity (Wildman–Crippen MR) is 75.3 cm³/mol. The van der Waals surface area contributed by atoms with E-state index in [1.165, 1.54) is 4.31 Å². The summed E-state index contributed by atoms with van der Waals surface area (Å²) >= 11 is 1.12. The van der Waals surface area contributed by atoms with Crippen molar-refractivity contribution in [3.05, 3.63) is 16.5 Å². The van der Waals surface area contributed by atoms with Gasteiger partial charge in [0, 0.05) is 11.4 Å². The molecule has 0 unspecified atom stereocenters. The van der Waals surface area contributed by atoms with E-state index in [2.05, 4.69) is 5.92 Å². The molecule has 2 rings (SSSR count). The van der Waals surface area contributed by atoms with Crippen LogP contribution >= 0.6 is 11.3 Å². The molecule has 0 aromatic carbocycles. The second-order valence-electron chi connectivity index (χ2n) is 4.77. The summed E-state index contributed by atoms with van der Waals surface area (Å²) in [6.07, 6.45) is 7.41. The summed E-state index contributed by atoms with van der Waals surface area (Å²) in [5.74, 6) is 2.86. The minimum absolute atomic E-state index is 0.101. The van der Waals surface area contributed by atoms with Crippen molar-refractivity contribution in [2.24, 2.45) is 5.92 Å². The Morgan fingerprint density at radius 2 is 2.26 bits per heavy atom. The van der Waals surface area contributed by atoms with Gasteiger partial charge in [-0.1, -0.05) is 5.92 Å². The fraction of sp³-hybridized carbons (Fsp3) is 0.538. The van der Waals surface area contributed by atoms with E-state index in [9.17, 15) is 8.42 Å². The number of aliphatic hydroxyl groups excluding tert-OH is 1. The molecule has 1 aliphatic carbocycles. The van der Waals surface area contributed by atoms with Gasteiger partial charge in [-0.05, 0) is 37.3 Å². The normalized spacial score (nSPS) is 15.7. The zero-order valence-corrected chi connectivity index (χ0v) is 12.4. The Hall–Kier alpha value is -0.870. The summed E-state index contributed by atoms with van der Waals surface area (Å²) in [6.45, 7) is 2.26. The molecule has 1 N–H and O–H groups in total. The summed E-state index contributed by atoms with van der Waals surface area (Å²) in [7, 11) is -3.53. The minimum atomic E-state index is -3.53. The predicted octanol–water partition coefficient (Wildman–Crippen LogP) is 1.58. The van der Waals surface area contributed by atoms with Gasteiger partial charge >= 0.3 is 0 Å². The van der Waals surface area contributed by atoms with Crippen LogP contribution in [-0.4, -0.2) is 30.9 Å². The van der Waals surface area contributed by atoms with E-state index in [4.69, 9.17) is 11.5 Å². The number of nitrogens with zero attached hydrogens (tertiary/aromatic N) is 1. The highest BCUT2D eigenvalue weighted by atomic mass is 32.2. The fourth-order valence-electron chi connectivity index (χ4n) is 1.84. The van der Waals surface area contributed by atoms with Crippen molar-refractivity contribution >= 4 is 21.4 Å². The van der Waals surface area contributed by atoms with Crippen LogP contribution in [0.5, 0.6) is 0 Å². The summed E-state index contributed by atoms with van der Waals surface area (Å²) in [5.41, 5.74) is 0.804. The van der Waals surface area contributed by atoms with Gasteiger partial charge in [0.1, 0.15) is 4.21 Å². The quantitative estimate of drug-likeness (QED) is 0.812. The summed E-state index contributed by atoms with van der Waals surface area (Å²) in [5, 5.41) is 9.16. The van der Waals surface area contributed by atoms with Crippen molar-refractivity contribution in [1.82, 2.24) is 4.31 Å². The number of thiophene rings is 1. The van der Waals surface area contributed by atoms with Crippen molar-refractivity contribution in [2.75, 3.05) is 13.1 Å². The Morgan fingerprint density at radius 3 is 2.74 bits per heavy atom. The van der Waals surface area contributed by atoms with Crippen molar-refractivity contribution in [3.8, 4) is 12.3 Å². The first kappa shape index (κ1) is 14.5. The van der Waals surface area contributed by atoms with Gasteiger partial charge in [0.15, 0.2) is 0 Å². The Balaban J connectivity index is 2.29. The lowest BCUT2D eigenvalue weighted by Crippen LogP contribution is -2.32. The van der Waals surface area contributed by atoms with Gasteiger partial charge in [-0.2, -0.15) is 4.31 Å². The van der Waals surface area contributed by atoms with E-state index < -0.39 is 10.0 Å². The number of rotatable bonds is 6. The zero-order chi connectivity index (χ0) is 14.0. The maximum Gasteiger partial charge on any atom is 0.253 e. The molecule has 0 aliphatic heterocycles. The highest BCUT2D eigenvalue weighted by Gasteiger charge is 2.32. The minimum Gasteiger partial charge on any atom is -0.391 e. The largest absolute Gasteiger partial charge is 0.391 e. The average molecular weight is 299 g/mol. The number of aryl methyl sites for hydroxylation is 1. The standard InChI is InChI=1S/C13H17NO3S2/c1-3-6-14(8-11-4-5-11)19(16,17)13-7-10(2)12(9-15)18-13/h1,7,11,15H,4-6,8-9H2,2H3. The van der Waals surface area contributed by atoms with Crippen LogP contribution in [0, 0.1) is 25.2 Å². The molecule has 1 aromatic heterocycles. The van der Waals surface area contributed by atoms with E-state index in [-0.39, 0.29) is 17.4 Å². The van der Waals surface area contributed by atoms with E-state index in [1.807, 2.05) is 0 Å². The average Bonchev–Trinajstić information content (AvgIpc) is 3.09. The monoisotopic (exact) mass is 299 g/mol. The third kappa shape index (κ3) is 3.18. The second kappa shape index (κ2) is 5.63. The van der Waals surface area contributed by atoms with Crippen LogP contribution in [-0.2, 0) is 16.6 Å². The molecule has 0 atom stereocenters. The number of hydrogen-bond acceptors (Lipinski definition) is 4.